The highest BCUT2D eigenvalue weighted by molar-refractivity contribution is 7.90. The number of rotatable bonds is 4. The smallest absolute Gasteiger partial charge is 0.219 e. The normalized spacial score (nSPS) is 13.5. The molecule has 5 heteroatoms. The molecule has 1 unspecified atom stereocenters. The lowest BCUT2D eigenvalue weighted by Gasteiger charge is -2.10. The third-order valence-corrected chi connectivity index (χ3v) is 3.46. The molecule has 0 fully saturated rings. The van der Waals surface area contributed by atoms with E-state index in [1.54, 1.807) is 37.3 Å². The fourth-order valence-electron chi connectivity index (χ4n) is 1.36. The Morgan fingerprint density at radius 3 is 2.27 bits per heavy atom. The van der Waals surface area contributed by atoms with Crippen LogP contribution >= 0.6 is 0 Å². The van der Waals surface area contributed by atoms with Crippen molar-refractivity contribution in [3.8, 4) is 0 Å². The minimum Gasteiger partial charge on any atom is -0.293 e. The van der Waals surface area contributed by atoms with Crippen LogP contribution in [0.2, 0.25) is 0 Å². The van der Waals surface area contributed by atoms with E-state index >= 15 is 0 Å². The number of carbonyl (C=O) groups excluding carboxylic acids is 1. The van der Waals surface area contributed by atoms with Crippen molar-refractivity contribution in [1.82, 2.24) is 0 Å². The number of sulfonamides is 1. The highest BCUT2D eigenvalue weighted by Crippen LogP contribution is 2.11. The zero-order valence-corrected chi connectivity index (χ0v) is 9.20. The molecule has 0 aromatic heterocycles. The second-order valence-corrected chi connectivity index (χ2v) is 4.96. The highest BCUT2D eigenvalue weighted by Gasteiger charge is 2.28. The predicted octanol–water partition coefficient (Wildman–Crippen LogP) is 0.936. The van der Waals surface area contributed by atoms with E-state index in [4.69, 9.17) is 5.14 Å². The van der Waals surface area contributed by atoms with E-state index in [9.17, 15) is 13.2 Å². The van der Waals surface area contributed by atoms with E-state index in [0.717, 1.165) is 0 Å². The predicted molar refractivity (Wildman–Crippen MR) is 58.0 cm³/mol. The van der Waals surface area contributed by atoms with Gasteiger partial charge in [0.15, 0.2) is 5.78 Å². The molecule has 4 nitrogen and oxygen atoms in total. The van der Waals surface area contributed by atoms with Crippen LogP contribution in [0.15, 0.2) is 30.3 Å². The summed E-state index contributed by atoms with van der Waals surface area (Å²) in [6.07, 6.45) is 0.187. The molecule has 0 saturated heterocycles. The average Bonchev–Trinajstić information content (AvgIpc) is 2.18. The second-order valence-electron chi connectivity index (χ2n) is 3.22. The molecule has 1 aromatic carbocycles. The number of ketones is 1. The summed E-state index contributed by atoms with van der Waals surface area (Å²) in [4.78, 5) is 11.8. The molecule has 0 spiro atoms. The zero-order chi connectivity index (χ0) is 11.5. The van der Waals surface area contributed by atoms with Gasteiger partial charge in [0.25, 0.3) is 0 Å². The molecule has 1 aromatic rings. The molecule has 0 aliphatic heterocycles. The summed E-state index contributed by atoms with van der Waals surface area (Å²) in [6.45, 7) is 1.62. The SMILES string of the molecule is CCC(C(=O)c1ccccc1)S(N)(=O)=O. The van der Waals surface area contributed by atoms with E-state index in [2.05, 4.69) is 0 Å². The topological polar surface area (TPSA) is 77.2 Å². The van der Waals surface area contributed by atoms with Crippen molar-refractivity contribution in [1.29, 1.82) is 0 Å². The number of primary sulfonamides is 1. The zero-order valence-electron chi connectivity index (χ0n) is 8.38. The molecule has 0 bridgehead atoms. The first kappa shape index (κ1) is 11.9. The maximum atomic E-state index is 11.8. The van der Waals surface area contributed by atoms with Crippen LogP contribution in [0.4, 0.5) is 0 Å². The standard InChI is InChI=1S/C10H13NO3S/c1-2-9(15(11,13)14)10(12)8-6-4-3-5-7-8/h3-7,9H,2H2,1H3,(H2,11,13,14). The molecular formula is C10H13NO3S. The monoisotopic (exact) mass is 227 g/mol. The number of carbonyl (C=O) groups is 1. The number of hydrogen-bond acceptors (Lipinski definition) is 3. The van der Waals surface area contributed by atoms with Gasteiger partial charge in [-0.3, -0.25) is 4.79 Å². The molecule has 1 rings (SSSR count). The van der Waals surface area contributed by atoms with E-state index < -0.39 is 21.1 Å². The maximum absolute atomic E-state index is 11.8. The lowest BCUT2D eigenvalue weighted by molar-refractivity contribution is 0.0985. The molecule has 0 radical (unpaired) electrons. The number of nitrogens with two attached hydrogens (primary N) is 1. The Morgan fingerprint density at radius 1 is 1.33 bits per heavy atom. The number of Topliss-reactive ketones (excluding diaryl/α,β-unsaturated/α-hetero) is 1. The van der Waals surface area contributed by atoms with Crippen LogP contribution in [-0.2, 0) is 10.0 Å². The fourth-order valence-corrected chi connectivity index (χ4v) is 2.25. The number of hydrogen-bond donors (Lipinski definition) is 1. The van der Waals surface area contributed by atoms with Crippen LogP contribution in [0.25, 0.3) is 0 Å². The molecule has 0 aliphatic rings. The first-order chi connectivity index (χ1) is 6.96. The molecule has 0 amide bonds. The fraction of sp³-hybridized carbons (Fsp3) is 0.300. The summed E-state index contributed by atoms with van der Waals surface area (Å²) in [5, 5.41) is 3.84. The molecule has 2 N–H and O–H groups in total. The van der Waals surface area contributed by atoms with Gasteiger partial charge >= 0.3 is 0 Å². The first-order valence-corrected chi connectivity index (χ1v) is 6.18. The van der Waals surface area contributed by atoms with Gasteiger partial charge in [0.1, 0.15) is 5.25 Å². The van der Waals surface area contributed by atoms with Crippen molar-refractivity contribution in [2.24, 2.45) is 5.14 Å². The third-order valence-electron chi connectivity index (χ3n) is 2.12. The first-order valence-electron chi connectivity index (χ1n) is 4.57. The van der Waals surface area contributed by atoms with Gasteiger partial charge in [-0.1, -0.05) is 37.3 Å². The van der Waals surface area contributed by atoms with Crippen LogP contribution in [0.3, 0.4) is 0 Å². The van der Waals surface area contributed by atoms with Gasteiger partial charge in [-0.05, 0) is 6.42 Å². The van der Waals surface area contributed by atoms with Gasteiger partial charge in [-0.15, -0.1) is 0 Å². The quantitative estimate of drug-likeness (QED) is 0.777. The second kappa shape index (κ2) is 4.55. The van der Waals surface area contributed by atoms with Crippen LogP contribution in [0, 0.1) is 0 Å². The summed E-state index contributed by atoms with van der Waals surface area (Å²) in [5.41, 5.74) is 0.373. The third kappa shape index (κ3) is 2.87. The summed E-state index contributed by atoms with van der Waals surface area (Å²) < 4.78 is 22.3. The Morgan fingerprint density at radius 2 is 1.87 bits per heavy atom. The van der Waals surface area contributed by atoms with Gasteiger partial charge in [0.05, 0.1) is 0 Å². The highest BCUT2D eigenvalue weighted by atomic mass is 32.2. The van der Waals surface area contributed by atoms with Crippen LogP contribution in [-0.4, -0.2) is 19.5 Å². The molecule has 0 heterocycles. The minimum atomic E-state index is -3.81. The summed E-state index contributed by atoms with van der Waals surface area (Å²) >= 11 is 0. The Kier molecular flexibility index (Phi) is 3.60. The number of benzene rings is 1. The van der Waals surface area contributed by atoms with Crippen molar-refractivity contribution < 1.29 is 13.2 Å². The van der Waals surface area contributed by atoms with Gasteiger partial charge in [-0.25, -0.2) is 13.6 Å². The van der Waals surface area contributed by atoms with Crippen LogP contribution in [0.1, 0.15) is 23.7 Å². The molecule has 0 aliphatic carbocycles. The van der Waals surface area contributed by atoms with Gasteiger partial charge < -0.3 is 0 Å². The van der Waals surface area contributed by atoms with Crippen molar-refractivity contribution in [2.75, 3.05) is 0 Å². The Bertz CT molecular complexity index is 439. The summed E-state index contributed by atoms with van der Waals surface area (Å²) in [6, 6.07) is 8.28. The van der Waals surface area contributed by atoms with Crippen LogP contribution in [0.5, 0.6) is 0 Å². The van der Waals surface area contributed by atoms with E-state index in [1.807, 2.05) is 0 Å². The molecule has 1 atom stereocenters. The maximum Gasteiger partial charge on any atom is 0.219 e. The van der Waals surface area contributed by atoms with Crippen molar-refractivity contribution >= 4 is 15.8 Å². The van der Waals surface area contributed by atoms with Gasteiger partial charge in [0.2, 0.25) is 10.0 Å². The lowest BCUT2D eigenvalue weighted by Crippen LogP contribution is -2.35. The van der Waals surface area contributed by atoms with E-state index in [1.165, 1.54) is 0 Å². The van der Waals surface area contributed by atoms with Crippen molar-refractivity contribution in [3.63, 3.8) is 0 Å². The van der Waals surface area contributed by atoms with Crippen molar-refractivity contribution in [3.05, 3.63) is 35.9 Å². The average molecular weight is 227 g/mol. The molecule has 82 valence electrons. The summed E-state index contributed by atoms with van der Waals surface area (Å²) in [7, 11) is -3.81. The van der Waals surface area contributed by atoms with Crippen LogP contribution < -0.4 is 5.14 Å². The van der Waals surface area contributed by atoms with Gasteiger partial charge in [-0.2, -0.15) is 0 Å². The molecule has 0 saturated carbocycles. The Balaban J connectivity index is 3.04. The molecule has 15 heavy (non-hydrogen) atoms. The summed E-state index contributed by atoms with van der Waals surface area (Å²) in [5.74, 6) is -0.444. The Labute approximate surface area is 89.2 Å². The van der Waals surface area contributed by atoms with E-state index in [0.29, 0.717) is 5.56 Å². The Hall–Kier alpha value is -1.20. The lowest BCUT2D eigenvalue weighted by atomic mass is 10.1. The largest absolute Gasteiger partial charge is 0.293 e. The minimum absolute atomic E-state index is 0.187. The molecular weight excluding hydrogens is 214 g/mol. The van der Waals surface area contributed by atoms with E-state index in [-0.39, 0.29) is 6.42 Å². The van der Waals surface area contributed by atoms with Crippen molar-refractivity contribution in [2.45, 2.75) is 18.6 Å². The van der Waals surface area contributed by atoms with Gasteiger partial charge in [0, 0.05) is 5.56 Å².